The first-order valence-electron chi connectivity index (χ1n) is 15.3. The van der Waals surface area contributed by atoms with Crippen molar-refractivity contribution in [2.75, 3.05) is 5.73 Å². The van der Waals surface area contributed by atoms with Crippen LogP contribution in [0.3, 0.4) is 0 Å². The molecule has 0 unspecified atom stereocenters. The zero-order chi connectivity index (χ0) is 31.0. The van der Waals surface area contributed by atoms with E-state index in [4.69, 9.17) is 5.73 Å². The van der Waals surface area contributed by atoms with Gasteiger partial charge in [-0.05, 0) is 98.6 Å². The Morgan fingerprint density at radius 1 is 0.435 bits per heavy atom. The number of fused-ring (bicyclic) bond motifs is 3. The highest BCUT2D eigenvalue weighted by Gasteiger charge is 2.12. The highest BCUT2D eigenvalue weighted by molar-refractivity contribution is 7.26. The largest absolute Gasteiger partial charge is 0.398 e. The molecule has 0 bridgehead atoms. The predicted octanol–water partition coefficient (Wildman–Crippen LogP) is 11.8. The third kappa shape index (κ3) is 5.02. The van der Waals surface area contributed by atoms with Crippen molar-refractivity contribution in [1.82, 2.24) is 0 Å². The van der Waals surface area contributed by atoms with Gasteiger partial charge in [-0.2, -0.15) is 5.26 Å². The zero-order valence-electron chi connectivity index (χ0n) is 24.9. The zero-order valence-corrected chi connectivity index (χ0v) is 25.8. The van der Waals surface area contributed by atoms with Crippen LogP contribution in [0, 0.1) is 11.3 Å². The van der Waals surface area contributed by atoms with Crippen molar-refractivity contribution in [3.8, 4) is 61.7 Å². The second kappa shape index (κ2) is 11.5. The van der Waals surface area contributed by atoms with Gasteiger partial charge in [-0.15, -0.1) is 11.3 Å². The van der Waals surface area contributed by atoms with Gasteiger partial charge in [0.2, 0.25) is 0 Å². The molecule has 1 aromatic heterocycles. The van der Waals surface area contributed by atoms with Gasteiger partial charge in [-0.3, -0.25) is 0 Å². The van der Waals surface area contributed by atoms with Gasteiger partial charge >= 0.3 is 0 Å². The summed E-state index contributed by atoms with van der Waals surface area (Å²) in [6, 6.07) is 57.4. The molecular formula is C43H28N2S. The van der Waals surface area contributed by atoms with Gasteiger partial charge < -0.3 is 5.73 Å². The standard InChI is InChI=1S/C43H28N2S/c44-27-28-21-35(26-36(22-28)32-12-7-13-33(25-32)37-15-1-3-19-41(37)45)31-11-5-9-29(23-31)30-10-6-14-34(24-30)38-17-8-18-40-39-16-2-4-20-42(39)46-43(38)40/h1-26H,45H2. The molecule has 2 nitrogen and oxygen atoms in total. The van der Waals surface area contributed by atoms with E-state index in [-0.39, 0.29) is 0 Å². The molecule has 216 valence electrons. The molecule has 0 aliphatic rings. The number of thiophene rings is 1. The van der Waals surface area contributed by atoms with Crippen molar-refractivity contribution < 1.29 is 0 Å². The lowest BCUT2D eigenvalue weighted by Gasteiger charge is -2.12. The lowest BCUT2D eigenvalue weighted by atomic mass is 9.92. The Hall–Kier alpha value is -5.95. The van der Waals surface area contributed by atoms with Gasteiger partial charge in [-0.1, -0.05) is 109 Å². The van der Waals surface area contributed by atoms with Gasteiger partial charge in [0.05, 0.1) is 11.6 Å². The summed E-state index contributed by atoms with van der Waals surface area (Å²) >= 11 is 1.86. The summed E-state index contributed by atoms with van der Waals surface area (Å²) in [4.78, 5) is 0. The minimum absolute atomic E-state index is 0.626. The van der Waals surface area contributed by atoms with Crippen LogP contribution in [0.4, 0.5) is 5.69 Å². The van der Waals surface area contributed by atoms with Crippen LogP contribution in [0.1, 0.15) is 5.56 Å². The number of anilines is 1. The van der Waals surface area contributed by atoms with E-state index in [1.807, 2.05) is 53.8 Å². The fourth-order valence-corrected chi connectivity index (χ4v) is 7.61. The molecule has 0 atom stereocenters. The maximum atomic E-state index is 9.98. The molecule has 3 heteroatoms. The molecule has 8 aromatic rings. The number of nitrogens with two attached hydrogens (primary N) is 1. The molecule has 0 aliphatic carbocycles. The number of nitriles is 1. The average Bonchev–Trinajstić information content (AvgIpc) is 3.51. The second-order valence-electron chi connectivity index (χ2n) is 11.5. The molecule has 7 aromatic carbocycles. The summed E-state index contributed by atoms with van der Waals surface area (Å²) in [5.74, 6) is 0. The summed E-state index contributed by atoms with van der Waals surface area (Å²) in [6.45, 7) is 0. The third-order valence-electron chi connectivity index (χ3n) is 8.64. The molecule has 0 radical (unpaired) electrons. The molecule has 0 aliphatic heterocycles. The molecule has 2 N–H and O–H groups in total. The van der Waals surface area contributed by atoms with Crippen LogP contribution in [-0.2, 0) is 0 Å². The van der Waals surface area contributed by atoms with Gasteiger partial charge in [0, 0.05) is 31.4 Å². The van der Waals surface area contributed by atoms with Gasteiger partial charge in [0.25, 0.3) is 0 Å². The Labute approximate surface area is 272 Å². The Bertz CT molecular complexity index is 2460. The van der Waals surface area contributed by atoms with Crippen LogP contribution in [-0.4, -0.2) is 0 Å². The van der Waals surface area contributed by atoms with E-state index in [0.29, 0.717) is 5.56 Å². The fourth-order valence-electron chi connectivity index (χ4n) is 6.37. The second-order valence-corrected chi connectivity index (χ2v) is 12.6. The van der Waals surface area contributed by atoms with E-state index in [9.17, 15) is 5.26 Å². The Morgan fingerprint density at radius 2 is 0.913 bits per heavy atom. The van der Waals surface area contributed by atoms with Gasteiger partial charge in [0.15, 0.2) is 0 Å². The van der Waals surface area contributed by atoms with Crippen LogP contribution in [0.2, 0.25) is 0 Å². The quantitative estimate of drug-likeness (QED) is 0.199. The normalized spacial score (nSPS) is 11.1. The number of nitrogen functional groups attached to an aromatic ring is 1. The molecular weight excluding hydrogens is 577 g/mol. The number of nitrogens with zero attached hydrogens (tertiary/aromatic N) is 1. The van der Waals surface area contributed by atoms with Crippen LogP contribution in [0.25, 0.3) is 75.8 Å². The Balaban J connectivity index is 1.18. The molecule has 8 rings (SSSR count). The van der Waals surface area contributed by atoms with Crippen molar-refractivity contribution >= 4 is 37.2 Å². The van der Waals surface area contributed by atoms with Crippen LogP contribution in [0.15, 0.2) is 158 Å². The number of benzene rings is 7. The monoisotopic (exact) mass is 604 g/mol. The van der Waals surface area contributed by atoms with Crippen LogP contribution >= 0.6 is 11.3 Å². The smallest absolute Gasteiger partial charge is 0.0992 e. The molecule has 0 saturated carbocycles. The van der Waals surface area contributed by atoms with Crippen LogP contribution < -0.4 is 5.73 Å². The molecule has 46 heavy (non-hydrogen) atoms. The van der Waals surface area contributed by atoms with Crippen molar-refractivity contribution in [2.24, 2.45) is 0 Å². The van der Waals surface area contributed by atoms with E-state index in [2.05, 4.69) is 121 Å². The lowest BCUT2D eigenvalue weighted by molar-refractivity contribution is 1.48. The van der Waals surface area contributed by atoms with Crippen molar-refractivity contribution in [1.29, 1.82) is 5.26 Å². The van der Waals surface area contributed by atoms with E-state index in [1.54, 1.807) is 0 Å². The van der Waals surface area contributed by atoms with E-state index in [1.165, 1.54) is 31.3 Å². The fraction of sp³-hybridized carbons (Fsp3) is 0. The summed E-state index contributed by atoms with van der Waals surface area (Å²) in [5, 5.41) is 12.6. The topological polar surface area (TPSA) is 49.8 Å². The maximum absolute atomic E-state index is 9.98. The van der Waals surface area contributed by atoms with Crippen LogP contribution in [0.5, 0.6) is 0 Å². The first kappa shape index (κ1) is 27.6. The highest BCUT2D eigenvalue weighted by atomic mass is 32.1. The van der Waals surface area contributed by atoms with Crippen molar-refractivity contribution in [3.05, 3.63) is 163 Å². The number of hydrogen-bond donors (Lipinski definition) is 1. The molecule has 0 amide bonds. The molecule has 0 spiro atoms. The minimum Gasteiger partial charge on any atom is -0.398 e. The first-order chi connectivity index (χ1) is 22.6. The molecule has 0 saturated heterocycles. The molecule has 0 fully saturated rings. The number of para-hydroxylation sites is 1. The highest BCUT2D eigenvalue weighted by Crippen LogP contribution is 2.41. The minimum atomic E-state index is 0.626. The van der Waals surface area contributed by atoms with Gasteiger partial charge in [-0.25, -0.2) is 0 Å². The lowest BCUT2D eigenvalue weighted by Crippen LogP contribution is -1.90. The number of rotatable bonds is 5. The van der Waals surface area contributed by atoms with Crippen molar-refractivity contribution in [2.45, 2.75) is 0 Å². The third-order valence-corrected chi connectivity index (χ3v) is 9.86. The first-order valence-corrected chi connectivity index (χ1v) is 16.1. The Morgan fingerprint density at radius 3 is 1.59 bits per heavy atom. The SMILES string of the molecule is N#Cc1cc(-c2cccc(-c3cccc(-c4cccc5c4sc4ccccc45)c3)c2)cc(-c2cccc(-c3ccccc3N)c2)c1. The Kier molecular flexibility index (Phi) is 6.91. The summed E-state index contributed by atoms with van der Waals surface area (Å²) in [6.07, 6.45) is 0. The van der Waals surface area contributed by atoms with Gasteiger partial charge in [0.1, 0.15) is 0 Å². The van der Waals surface area contributed by atoms with E-state index < -0.39 is 0 Å². The summed E-state index contributed by atoms with van der Waals surface area (Å²) in [5.41, 5.74) is 18.6. The summed E-state index contributed by atoms with van der Waals surface area (Å²) in [7, 11) is 0. The van der Waals surface area contributed by atoms with E-state index in [0.717, 1.165) is 50.2 Å². The van der Waals surface area contributed by atoms with Crippen molar-refractivity contribution in [3.63, 3.8) is 0 Å². The number of hydrogen-bond acceptors (Lipinski definition) is 3. The average molecular weight is 605 g/mol. The van der Waals surface area contributed by atoms with E-state index >= 15 is 0 Å². The predicted molar refractivity (Wildman–Crippen MR) is 196 cm³/mol. The molecule has 1 heterocycles. The maximum Gasteiger partial charge on any atom is 0.0992 e. The summed E-state index contributed by atoms with van der Waals surface area (Å²) < 4.78 is 2.62.